The van der Waals surface area contributed by atoms with Crippen LogP contribution in [0.4, 0.5) is 5.69 Å². The molecule has 0 atom stereocenters. The number of ether oxygens (including phenoxy) is 1. The van der Waals surface area contributed by atoms with E-state index in [4.69, 9.17) is 9.84 Å². The SMILES string of the molecule is Cc1cc(O)c(C(=O)O)cc1S(=O)(=O)Nc1cccc(OCc2cscn2)c1. The quantitative estimate of drug-likeness (QED) is 0.536. The van der Waals surface area contributed by atoms with Crippen molar-refractivity contribution >= 4 is 33.0 Å². The Morgan fingerprint density at radius 2 is 2.07 bits per heavy atom. The zero-order valence-electron chi connectivity index (χ0n) is 14.6. The Bertz CT molecular complexity index is 1110. The summed E-state index contributed by atoms with van der Waals surface area (Å²) in [7, 11) is -4.08. The van der Waals surface area contributed by atoms with Gasteiger partial charge in [-0.1, -0.05) is 6.07 Å². The highest BCUT2D eigenvalue weighted by molar-refractivity contribution is 7.92. The largest absolute Gasteiger partial charge is 0.507 e. The Kier molecular flexibility index (Phi) is 5.52. The molecule has 1 heterocycles. The van der Waals surface area contributed by atoms with Crippen LogP contribution in [-0.2, 0) is 16.6 Å². The fourth-order valence-electron chi connectivity index (χ4n) is 2.46. The third-order valence-electron chi connectivity index (χ3n) is 3.77. The monoisotopic (exact) mass is 420 g/mol. The first-order valence-electron chi connectivity index (χ1n) is 7.96. The highest BCUT2D eigenvalue weighted by Crippen LogP contribution is 2.28. The van der Waals surface area contributed by atoms with Gasteiger partial charge in [0.15, 0.2) is 0 Å². The van der Waals surface area contributed by atoms with Gasteiger partial charge in [0.2, 0.25) is 0 Å². The number of nitrogens with zero attached hydrogens (tertiary/aromatic N) is 1. The maximum absolute atomic E-state index is 12.7. The number of thiazole rings is 1. The smallest absolute Gasteiger partial charge is 0.339 e. The number of aromatic hydroxyl groups is 1. The van der Waals surface area contributed by atoms with Gasteiger partial charge in [0.1, 0.15) is 23.7 Å². The van der Waals surface area contributed by atoms with Gasteiger partial charge in [-0.15, -0.1) is 11.3 Å². The van der Waals surface area contributed by atoms with Crippen molar-refractivity contribution in [2.75, 3.05) is 4.72 Å². The van der Waals surface area contributed by atoms with Crippen LogP contribution in [-0.4, -0.2) is 29.6 Å². The molecule has 3 N–H and O–H groups in total. The van der Waals surface area contributed by atoms with Crippen LogP contribution in [0.3, 0.4) is 0 Å². The number of carbonyl (C=O) groups is 1. The highest BCUT2D eigenvalue weighted by atomic mass is 32.2. The molecule has 0 amide bonds. The number of rotatable bonds is 7. The molecule has 3 aromatic rings. The molecule has 146 valence electrons. The Balaban J connectivity index is 1.84. The minimum Gasteiger partial charge on any atom is -0.507 e. The molecule has 3 rings (SSSR count). The lowest BCUT2D eigenvalue weighted by Crippen LogP contribution is -2.15. The van der Waals surface area contributed by atoms with Crippen LogP contribution < -0.4 is 9.46 Å². The van der Waals surface area contributed by atoms with Crippen LogP contribution in [0.1, 0.15) is 21.6 Å². The van der Waals surface area contributed by atoms with Gasteiger partial charge in [0.05, 0.1) is 21.8 Å². The molecule has 0 aliphatic carbocycles. The first kappa shape index (κ1) is 19.6. The third kappa shape index (κ3) is 4.41. The van der Waals surface area contributed by atoms with Gasteiger partial charge in [-0.2, -0.15) is 0 Å². The zero-order valence-corrected chi connectivity index (χ0v) is 16.3. The average molecular weight is 420 g/mol. The van der Waals surface area contributed by atoms with E-state index < -0.39 is 27.3 Å². The van der Waals surface area contributed by atoms with Gasteiger partial charge in [0.25, 0.3) is 10.0 Å². The fraction of sp³-hybridized carbons (Fsp3) is 0.111. The molecular formula is C18H16N2O6S2. The second kappa shape index (κ2) is 7.87. The number of hydrogen-bond acceptors (Lipinski definition) is 7. The summed E-state index contributed by atoms with van der Waals surface area (Å²) in [4.78, 5) is 15.1. The lowest BCUT2D eigenvalue weighted by molar-refractivity contribution is 0.0693. The Morgan fingerprint density at radius 1 is 1.29 bits per heavy atom. The van der Waals surface area contributed by atoms with Gasteiger partial charge in [-0.05, 0) is 36.8 Å². The number of aryl methyl sites for hydroxylation is 1. The maximum Gasteiger partial charge on any atom is 0.339 e. The lowest BCUT2D eigenvalue weighted by atomic mass is 10.1. The van der Waals surface area contributed by atoms with Gasteiger partial charge >= 0.3 is 5.97 Å². The molecule has 8 nitrogen and oxygen atoms in total. The predicted octanol–water partition coefficient (Wildman–Crippen LogP) is 3.24. The van der Waals surface area contributed by atoms with E-state index in [-0.39, 0.29) is 22.8 Å². The van der Waals surface area contributed by atoms with E-state index in [0.717, 1.165) is 17.8 Å². The predicted molar refractivity (Wildman–Crippen MR) is 103 cm³/mol. The van der Waals surface area contributed by atoms with Crippen LogP contribution in [0, 0.1) is 6.92 Å². The van der Waals surface area contributed by atoms with Crippen molar-refractivity contribution in [1.82, 2.24) is 4.98 Å². The Hall–Kier alpha value is -3.11. The number of benzene rings is 2. The van der Waals surface area contributed by atoms with Crippen LogP contribution in [0.15, 0.2) is 52.2 Å². The first-order chi connectivity index (χ1) is 13.3. The summed E-state index contributed by atoms with van der Waals surface area (Å²) in [5.74, 6) is -1.48. The molecule has 0 saturated heterocycles. The summed E-state index contributed by atoms with van der Waals surface area (Å²) in [6.07, 6.45) is 0. The van der Waals surface area contributed by atoms with E-state index in [1.165, 1.54) is 24.3 Å². The summed E-state index contributed by atoms with van der Waals surface area (Å²) in [6, 6.07) is 8.39. The van der Waals surface area contributed by atoms with Crippen molar-refractivity contribution in [3.05, 3.63) is 64.1 Å². The minimum atomic E-state index is -4.08. The second-order valence-electron chi connectivity index (χ2n) is 5.84. The molecule has 0 bridgehead atoms. The van der Waals surface area contributed by atoms with Crippen molar-refractivity contribution in [1.29, 1.82) is 0 Å². The summed E-state index contributed by atoms with van der Waals surface area (Å²) in [5.41, 5.74) is 2.42. The van der Waals surface area contributed by atoms with Crippen LogP contribution in [0.5, 0.6) is 11.5 Å². The van der Waals surface area contributed by atoms with Crippen molar-refractivity contribution < 1.29 is 28.2 Å². The molecular weight excluding hydrogens is 404 g/mol. The first-order valence-corrected chi connectivity index (χ1v) is 10.4. The lowest BCUT2D eigenvalue weighted by Gasteiger charge is -2.13. The minimum absolute atomic E-state index is 0.214. The summed E-state index contributed by atoms with van der Waals surface area (Å²) in [6.45, 7) is 1.71. The molecule has 0 fully saturated rings. The Morgan fingerprint density at radius 3 is 2.75 bits per heavy atom. The van der Waals surface area contributed by atoms with Crippen LogP contribution in [0.25, 0.3) is 0 Å². The number of carboxylic acids is 1. The van der Waals surface area contributed by atoms with E-state index in [1.807, 2.05) is 5.38 Å². The maximum atomic E-state index is 12.7. The number of aromatic nitrogens is 1. The zero-order chi connectivity index (χ0) is 20.3. The molecule has 0 radical (unpaired) electrons. The third-order valence-corrected chi connectivity index (χ3v) is 5.93. The second-order valence-corrected chi connectivity index (χ2v) is 8.21. The summed E-state index contributed by atoms with van der Waals surface area (Å²) < 4.78 is 33.5. The van der Waals surface area contributed by atoms with Crippen LogP contribution >= 0.6 is 11.3 Å². The molecule has 0 aliphatic rings. The van der Waals surface area contributed by atoms with Crippen LogP contribution in [0.2, 0.25) is 0 Å². The molecule has 0 spiro atoms. The Labute approximate surface area is 165 Å². The average Bonchev–Trinajstić information content (AvgIpc) is 3.13. The number of sulfonamides is 1. The van der Waals surface area contributed by atoms with Crippen molar-refractivity contribution in [2.45, 2.75) is 18.4 Å². The van der Waals surface area contributed by atoms with E-state index in [0.29, 0.717) is 5.75 Å². The number of anilines is 1. The molecule has 0 saturated carbocycles. The molecule has 1 aromatic heterocycles. The standard InChI is InChI=1S/C18H16N2O6S2/c1-11-5-16(21)15(18(22)23)7-17(11)28(24,25)20-12-3-2-4-14(6-12)26-8-13-9-27-10-19-13/h2-7,9-10,20-21H,8H2,1H3,(H,22,23). The fourth-order valence-corrected chi connectivity index (χ4v) is 4.31. The summed E-state index contributed by atoms with van der Waals surface area (Å²) >= 11 is 1.45. The van der Waals surface area contributed by atoms with E-state index in [2.05, 4.69) is 9.71 Å². The van der Waals surface area contributed by atoms with E-state index in [9.17, 15) is 18.3 Å². The van der Waals surface area contributed by atoms with Gasteiger partial charge in [0, 0.05) is 11.4 Å². The van der Waals surface area contributed by atoms with Crippen molar-refractivity contribution in [3.63, 3.8) is 0 Å². The van der Waals surface area contributed by atoms with Crippen molar-refractivity contribution in [2.24, 2.45) is 0 Å². The topological polar surface area (TPSA) is 126 Å². The molecule has 28 heavy (non-hydrogen) atoms. The van der Waals surface area contributed by atoms with Gasteiger partial charge in [-0.3, -0.25) is 4.72 Å². The molecule has 10 heteroatoms. The number of nitrogens with one attached hydrogen (secondary N) is 1. The van der Waals surface area contributed by atoms with E-state index >= 15 is 0 Å². The van der Waals surface area contributed by atoms with Gasteiger partial charge in [-0.25, -0.2) is 18.2 Å². The number of carboxylic acid groups (broad SMARTS) is 1. The highest BCUT2D eigenvalue weighted by Gasteiger charge is 2.22. The molecule has 2 aromatic carbocycles. The number of phenols is 1. The number of aromatic carboxylic acids is 1. The molecule has 0 aliphatic heterocycles. The van der Waals surface area contributed by atoms with E-state index in [1.54, 1.807) is 23.7 Å². The van der Waals surface area contributed by atoms with Crippen molar-refractivity contribution in [3.8, 4) is 11.5 Å². The van der Waals surface area contributed by atoms with Gasteiger partial charge < -0.3 is 14.9 Å². The number of hydrogen-bond donors (Lipinski definition) is 3. The normalized spacial score (nSPS) is 11.2. The summed E-state index contributed by atoms with van der Waals surface area (Å²) in [5, 5.41) is 20.7. The molecule has 0 unspecified atom stereocenters.